The summed E-state index contributed by atoms with van der Waals surface area (Å²) in [6, 6.07) is 15.5. The molecule has 1 N–H and O–H groups in total. The highest BCUT2D eigenvalue weighted by molar-refractivity contribution is 7.93. The molecule has 0 unspecified atom stereocenters. The third-order valence-corrected chi connectivity index (χ3v) is 5.81. The zero-order valence-corrected chi connectivity index (χ0v) is 13.4. The van der Waals surface area contributed by atoms with Crippen molar-refractivity contribution in [2.24, 2.45) is 0 Å². The van der Waals surface area contributed by atoms with Crippen LogP contribution in [0.3, 0.4) is 0 Å². The zero-order valence-electron chi connectivity index (χ0n) is 11.7. The van der Waals surface area contributed by atoms with E-state index in [1.165, 1.54) is 30.4 Å². The number of sulfonamides is 1. The first-order valence-corrected chi connectivity index (χ1v) is 8.89. The molecular weight excluding hydrogens is 318 g/mol. The molecule has 0 radical (unpaired) electrons. The van der Waals surface area contributed by atoms with E-state index in [0.717, 1.165) is 10.1 Å². The molecule has 0 spiro atoms. The minimum atomic E-state index is -3.71. The highest BCUT2D eigenvalue weighted by atomic mass is 32.2. The van der Waals surface area contributed by atoms with E-state index in [-0.39, 0.29) is 10.7 Å². The molecule has 2 aromatic carbocycles. The van der Waals surface area contributed by atoms with Crippen LogP contribution in [0, 0.1) is 0 Å². The van der Waals surface area contributed by atoms with Crippen LogP contribution in [0.4, 0.5) is 5.00 Å². The van der Waals surface area contributed by atoms with Crippen molar-refractivity contribution in [1.82, 2.24) is 0 Å². The maximum absolute atomic E-state index is 12.4. The Kier molecular flexibility index (Phi) is 3.72. The molecule has 0 amide bonds. The lowest BCUT2D eigenvalue weighted by atomic mass is 10.1. The van der Waals surface area contributed by atoms with Crippen molar-refractivity contribution in [2.75, 3.05) is 4.72 Å². The molecule has 1 aromatic heterocycles. The van der Waals surface area contributed by atoms with Gasteiger partial charge in [-0.2, -0.15) is 0 Å². The molecule has 0 aliphatic carbocycles. The van der Waals surface area contributed by atoms with E-state index in [1.54, 1.807) is 18.2 Å². The number of ketones is 1. The minimum absolute atomic E-state index is 0.164. The lowest BCUT2D eigenvalue weighted by Gasteiger charge is -2.07. The molecule has 0 bridgehead atoms. The highest BCUT2D eigenvalue weighted by Gasteiger charge is 2.21. The van der Waals surface area contributed by atoms with Gasteiger partial charge in [0, 0.05) is 10.1 Å². The average molecular weight is 331 g/mol. The predicted molar refractivity (Wildman–Crippen MR) is 89.1 cm³/mol. The Balaban J connectivity index is 2.12. The van der Waals surface area contributed by atoms with Crippen LogP contribution in [0.1, 0.15) is 17.3 Å². The summed E-state index contributed by atoms with van der Waals surface area (Å²) < 4.78 is 28.3. The first kappa shape index (κ1) is 14.7. The standard InChI is InChI=1S/C16H13NO3S2/c1-11(18)15-13-9-5-6-10-14(13)21-16(15)17-22(19,20)12-7-3-2-4-8-12/h2-10,17H,1H3. The van der Waals surface area contributed by atoms with Gasteiger partial charge in [-0.25, -0.2) is 8.42 Å². The number of carbonyl (C=O) groups excluding carboxylic acids is 1. The van der Waals surface area contributed by atoms with E-state index < -0.39 is 10.0 Å². The Hall–Kier alpha value is -2.18. The molecule has 0 atom stereocenters. The normalized spacial score (nSPS) is 11.5. The summed E-state index contributed by atoms with van der Waals surface area (Å²) in [6.45, 7) is 1.44. The fourth-order valence-corrected chi connectivity index (χ4v) is 4.73. The largest absolute Gasteiger partial charge is 0.294 e. The Morgan fingerprint density at radius 2 is 1.64 bits per heavy atom. The number of anilines is 1. The van der Waals surface area contributed by atoms with E-state index in [4.69, 9.17) is 0 Å². The Labute approximate surface area is 132 Å². The van der Waals surface area contributed by atoms with Crippen molar-refractivity contribution in [3.05, 3.63) is 60.2 Å². The quantitative estimate of drug-likeness (QED) is 0.737. The number of nitrogens with one attached hydrogen (secondary N) is 1. The monoisotopic (exact) mass is 331 g/mol. The summed E-state index contributed by atoms with van der Waals surface area (Å²) in [5, 5.41) is 1.13. The molecule has 4 nitrogen and oxygen atoms in total. The average Bonchev–Trinajstić information content (AvgIpc) is 2.85. The highest BCUT2D eigenvalue weighted by Crippen LogP contribution is 2.37. The fourth-order valence-electron chi connectivity index (χ4n) is 2.25. The summed E-state index contributed by atoms with van der Waals surface area (Å²) in [5.74, 6) is -0.164. The van der Waals surface area contributed by atoms with Crippen molar-refractivity contribution in [2.45, 2.75) is 11.8 Å². The summed E-state index contributed by atoms with van der Waals surface area (Å²) in [7, 11) is -3.71. The van der Waals surface area contributed by atoms with E-state index in [9.17, 15) is 13.2 Å². The summed E-state index contributed by atoms with van der Waals surface area (Å²) in [4.78, 5) is 12.1. The van der Waals surface area contributed by atoms with Crippen LogP contribution in [-0.2, 0) is 10.0 Å². The van der Waals surface area contributed by atoms with Crippen LogP contribution in [0.5, 0.6) is 0 Å². The molecular formula is C16H13NO3S2. The van der Waals surface area contributed by atoms with Crippen LogP contribution in [0.25, 0.3) is 10.1 Å². The topological polar surface area (TPSA) is 63.2 Å². The molecule has 0 aliphatic heterocycles. The van der Waals surface area contributed by atoms with E-state index >= 15 is 0 Å². The van der Waals surface area contributed by atoms with E-state index in [0.29, 0.717) is 10.6 Å². The zero-order chi connectivity index (χ0) is 15.7. The number of rotatable bonds is 4. The van der Waals surface area contributed by atoms with Crippen LogP contribution >= 0.6 is 11.3 Å². The van der Waals surface area contributed by atoms with Crippen LogP contribution in [-0.4, -0.2) is 14.2 Å². The van der Waals surface area contributed by atoms with Gasteiger partial charge in [-0.15, -0.1) is 11.3 Å². The van der Waals surface area contributed by atoms with Crippen LogP contribution < -0.4 is 4.72 Å². The van der Waals surface area contributed by atoms with E-state index in [1.807, 2.05) is 24.3 Å². The van der Waals surface area contributed by atoms with Crippen molar-refractivity contribution < 1.29 is 13.2 Å². The number of thiophene rings is 1. The number of hydrogen-bond donors (Lipinski definition) is 1. The Morgan fingerprint density at radius 3 is 2.32 bits per heavy atom. The molecule has 6 heteroatoms. The maximum atomic E-state index is 12.4. The molecule has 112 valence electrons. The summed E-state index contributed by atoms with van der Waals surface area (Å²) in [6.07, 6.45) is 0. The first-order valence-electron chi connectivity index (χ1n) is 6.59. The SMILES string of the molecule is CC(=O)c1c(NS(=O)(=O)c2ccccc2)sc2ccccc12. The van der Waals surface area contributed by atoms with Crippen molar-refractivity contribution >= 4 is 42.2 Å². The second-order valence-electron chi connectivity index (χ2n) is 4.78. The molecule has 3 aromatic rings. The Bertz CT molecular complexity index is 944. The molecule has 0 saturated heterocycles. The van der Waals surface area contributed by atoms with Gasteiger partial charge >= 0.3 is 0 Å². The summed E-state index contributed by atoms with van der Waals surface area (Å²) >= 11 is 1.26. The van der Waals surface area contributed by atoms with Gasteiger partial charge in [0.2, 0.25) is 0 Å². The number of carbonyl (C=O) groups is 1. The lowest BCUT2D eigenvalue weighted by Crippen LogP contribution is -2.13. The third kappa shape index (κ3) is 2.63. The van der Waals surface area contributed by atoms with E-state index in [2.05, 4.69) is 4.72 Å². The van der Waals surface area contributed by atoms with Gasteiger partial charge in [-0.05, 0) is 25.1 Å². The molecule has 1 heterocycles. The number of benzene rings is 2. The van der Waals surface area contributed by atoms with Gasteiger partial charge in [0.15, 0.2) is 5.78 Å². The smallest absolute Gasteiger partial charge is 0.262 e. The lowest BCUT2D eigenvalue weighted by molar-refractivity contribution is 0.102. The number of fused-ring (bicyclic) bond motifs is 1. The van der Waals surface area contributed by atoms with Crippen molar-refractivity contribution in [3.63, 3.8) is 0 Å². The van der Waals surface area contributed by atoms with Gasteiger partial charge in [-0.3, -0.25) is 9.52 Å². The minimum Gasteiger partial charge on any atom is -0.294 e. The van der Waals surface area contributed by atoms with Crippen LogP contribution in [0.2, 0.25) is 0 Å². The first-order chi connectivity index (χ1) is 10.5. The number of Topliss-reactive ketones (excluding diaryl/α,β-unsaturated/α-hetero) is 1. The molecule has 0 fully saturated rings. The predicted octanol–water partition coefficient (Wildman–Crippen LogP) is 3.90. The second-order valence-corrected chi connectivity index (χ2v) is 7.51. The fraction of sp³-hybridized carbons (Fsp3) is 0.0625. The van der Waals surface area contributed by atoms with Gasteiger partial charge in [0.05, 0.1) is 10.5 Å². The van der Waals surface area contributed by atoms with Gasteiger partial charge < -0.3 is 0 Å². The van der Waals surface area contributed by atoms with Gasteiger partial charge in [0.1, 0.15) is 5.00 Å². The molecule has 0 aliphatic rings. The second kappa shape index (κ2) is 5.55. The Morgan fingerprint density at radius 1 is 1.00 bits per heavy atom. The van der Waals surface area contributed by atoms with Crippen LogP contribution in [0.15, 0.2) is 59.5 Å². The maximum Gasteiger partial charge on any atom is 0.262 e. The third-order valence-electron chi connectivity index (χ3n) is 3.23. The van der Waals surface area contributed by atoms with Gasteiger partial charge in [0.25, 0.3) is 10.0 Å². The molecule has 0 saturated carbocycles. The van der Waals surface area contributed by atoms with Crippen molar-refractivity contribution in [1.29, 1.82) is 0 Å². The molecule has 3 rings (SSSR count). The number of hydrogen-bond acceptors (Lipinski definition) is 4. The summed E-state index contributed by atoms with van der Waals surface area (Å²) in [5.41, 5.74) is 0.417. The van der Waals surface area contributed by atoms with Crippen molar-refractivity contribution in [3.8, 4) is 0 Å². The van der Waals surface area contributed by atoms with Gasteiger partial charge in [-0.1, -0.05) is 36.4 Å². The molecule has 22 heavy (non-hydrogen) atoms.